The average Bonchev–Trinajstić information content (AvgIpc) is 3.43. The molecule has 2 aromatic heterocycles. The highest BCUT2D eigenvalue weighted by atomic mass is 16.6. The first-order chi connectivity index (χ1) is 19.3. The van der Waals surface area contributed by atoms with E-state index in [1.54, 1.807) is 56.7 Å². The predicted molar refractivity (Wildman–Crippen MR) is 154 cm³/mol. The van der Waals surface area contributed by atoms with Gasteiger partial charge in [-0.15, -0.1) is 0 Å². The Hall–Kier alpha value is -4.41. The second-order valence-corrected chi connectivity index (χ2v) is 11.8. The van der Waals surface area contributed by atoms with Crippen LogP contribution >= 0.6 is 0 Å². The monoisotopic (exact) mass is 563 g/mol. The van der Waals surface area contributed by atoms with Gasteiger partial charge in [-0.2, -0.15) is 0 Å². The molecule has 11 heteroatoms. The Morgan fingerprint density at radius 1 is 0.902 bits per heavy atom. The van der Waals surface area contributed by atoms with E-state index < -0.39 is 17.3 Å². The van der Waals surface area contributed by atoms with Crippen molar-refractivity contribution in [3.8, 4) is 11.1 Å². The van der Waals surface area contributed by atoms with E-state index in [9.17, 15) is 14.4 Å². The van der Waals surface area contributed by atoms with Crippen LogP contribution in [0.2, 0.25) is 0 Å². The van der Waals surface area contributed by atoms with Crippen molar-refractivity contribution in [1.82, 2.24) is 14.9 Å². The number of anilines is 2. The number of hydrogen-bond acceptors (Lipinski definition) is 9. The molecule has 41 heavy (non-hydrogen) atoms. The Bertz CT molecular complexity index is 1370. The van der Waals surface area contributed by atoms with Gasteiger partial charge in [0.2, 0.25) is 5.78 Å². The second-order valence-electron chi connectivity index (χ2n) is 11.8. The van der Waals surface area contributed by atoms with Crippen molar-refractivity contribution in [2.45, 2.75) is 59.2 Å². The van der Waals surface area contributed by atoms with Gasteiger partial charge in [-0.05, 0) is 70.9 Å². The maximum Gasteiger partial charge on any atom is 0.412 e. The lowest BCUT2D eigenvalue weighted by atomic mass is 10.00. The molecule has 1 saturated heterocycles. The number of aromatic nitrogens is 2. The molecule has 3 heterocycles. The summed E-state index contributed by atoms with van der Waals surface area (Å²) in [6, 6.07) is 7.21. The highest BCUT2D eigenvalue weighted by Crippen LogP contribution is 2.27. The van der Waals surface area contributed by atoms with Gasteiger partial charge in [0.05, 0.1) is 30.6 Å². The number of benzene rings is 1. The van der Waals surface area contributed by atoms with Gasteiger partial charge in [0, 0.05) is 43.9 Å². The Kier molecular flexibility index (Phi) is 8.65. The molecule has 11 nitrogen and oxygen atoms in total. The molecule has 1 N–H and O–H groups in total. The van der Waals surface area contributed by atoms with Crippen LogP contribution < -0.4 is 10.2 Å². The number of ether oxygens (including phenoxy) is 2. The minimum Gasteiger partial charge on any atom is -0.472 e. The third-order valence-electron chi connectivity index (χ3n) is 6.13. The van der Waals surface area contributed by atoms with E-state index in [0.717, 1.165) is 16.8 Å². The van der Waals surface area contributed by atoms with Crippen LogP contribution in [-0.2, 0) is 15.9 Å². The van der Waals surface area contributed by atoms with Crippen molar-refractivity contribution in [3.63, 3.8) is 0 Å². The molecule has 1 aliphatic heterocycles. The molecule has 1 aromatic carbocycles. The largest absolute Gasteiger partial charge is 0.472 e. The van der Waals surface area contributed by atoms with Crippen LogP contribution in [-0.4, -0.2) is 70.2 Å². The summed E-state index contributed by atoms with van der Waals surface area (Å²) in [5.41, 5.74) is 2.27. The van der Waals surface area contributed by atoms with Crippen molar-refractivity contribution in [2.24, 2.45) is 0 Å². The van der Waals surface area contributed by atoms with Crippen molar-refractivity contribution in [3.05, 3.63) is 60.6 Å². The normalized spacial score (nSPS) is 14.0. The molecular weight excluding hydrogens is 526 g/mol. The van der Waals surface area contributed by atoms with Crippen molar-refractivity contribution in [1.29, 1.82) is 0 Å². The standard InChI is InChI=1S/C30H37N5O6/c1-29(2,3)40-27(37)33-24-8-7-20(21-9-14-39-19-21)15-22(24)16-25(36)26-31-17-23(18-32-26)34-10-12-35(13-11-34)28(38)41-30(4,5)6/h7-9,14-15,17-19H,10-13,16H2,1-6H3,(H,33,37). The third kappa shape index (κ3) is 8.29. The number of carbonyl (C=O) groups excluding carboxylic acids is 3. The number of furan rings is 1. The summed E-state index contributed by atoms with van der Waals surface area (Å²) in [5.74, 6) is -0.235. The number of carbonyl (C=O) groups is 3. The maximum absolute atomic E-state index is 13.2. The quantitative estimate of drug-likeness (QED) is 0.383. The number of piperazine rings is 1. The number of rotatable bonds is 6. The average molecular weight is 564 g/mol. The molecule has 1 aliphatic rings. The van der Waals surface area contributed by atoms with E-state index >= 15 is 0 Å². The number of amides is 2. The zero-order valence-electron chi connectivity index (χ0n) is 24.4. The molecule has 2 amide bonds. The van der Waals surface area contributed by atoms with Crippen LogP contribution in [0.15, 0.2) is 53.6 Å². The Balaban J connectivity index is 1.44. The molecule has 0 aliphatic carbocycles. The maximum atomic E-state index is 13.2. The Labute approximate surface area is 239 Å². The van der Waals surface area contributed by atoms with Gasteiger partial charge in [0.15, 0.2) is 5.82 Å². The van der Waals surface area contributed by atoms with Gasteiger partial charge < -0.3 is 23.7 Å². The van der Waals surface area contributed by atoms with E-state index in [-0.39, 0.29) is 24.1 Å². The first-order valence-corrected chi connectivity index (χ1v) is 13.5. The lowest BCUT2D eigenvalue weighted by Gasteiger charge is -2.36. The van der Waals surface area contributed by atoms with E-state index in [1.165, 1.54) is 0 Å². The van der Waals surface area contributed by atoms with Crippen LogP contribution in [0.3, 0.4) is 0 Å². The molecule has 1 fully saturated rings. The van der Waals surface area contributed by atoms with Crippen LogP contribution in [0.5, 0.6) is 0 Å². The summed E-state index contributed by atoms with van der Waals surface area (Å²) in [7, 11) is 0. The fraction of sp³-hybridized carbons (Fsp3) is 0.433. The lowest BCUT2D eigenvalue weighted by molar-refractivity contribution is 0.0240. The minimum atomic E-state index is -0.672. The van der Waals surface area contributed by atoms with E-state index in [0.29, 0.717) is 37.4 Å². The van der Waals surface area contributed by atoms with Crippen molar-refractivity contribution < 1.29 is 28.3 Å². The van der Waals surface area contributed by atoms with Crippen LogP contribution in [0.1, 0.15) is 57.7 Å². The smallest absolute Gasteiger partial charge is 0.412 e. The number of hydrogen-bond donors (Lipinski definition) is 1. The number of ketones is 1. The number of Topliss-reactive ketones (excluding diaryl/α,β-unsaturated/α-hetero) is 1. The van der Waals surface area contributed by atoms with Gasteiger partial charge in [0.1, 0.15) is 11.2 Å². The Morgan fingerprint density at radius 2 is 1.56 bits per heavy atom. The number of nitrogens with zero attached hydrogens (tertiary/aromatic N) is 4. The lowest BCUT2D eigenvalue weighted by Crippen LogP contribution is -2.50. The molecule has 0 atom stereocenters. The summed E-state index contributed by atoms with van der Waals surface area (Å²) >= 11 is 0. The topological polar surface area (TPSA) is 127 Å². The van der Waals surface area contributed by atoms with Gasteiger partial charge >= 0.3 is 12.2 Å². The number of nitrogens with one attached hydrogen (secondary N) is 1. The third-order valence-corrected chi connectivity index (χ3v) is 6.13. The Morgan fingerprint density at radius 3 is 2.15 bits per heavy atom. The van der Waals surface area contributed by atoms with Gasteiger partial charge in [-0.3, -0.25) is 10.1 Å². The molecule has 3 aromatic rings. The van der Waals surface area contributed by atoms with E-state index in [2.05, 4.69) is 20.2 Å². The summed E-state index contributed by atoms with van der Waals surface area (Å²) in [6.07, 6.45) is 5.43. The SMILES string of the molecule is CC(C)(C)OC(=O)Nc1ccc(-c2ccoc2)cc1CC(=O)c1ncc(N2CCN(C(=O)OC(C)(C)C)CC2)cn1. The molecule has 0 unspecified atom stereocenters. The molecule has 218 valence electrons. The minimum absolute atomic E-state index is 0.0370. The highest BCUT2D eigenvalue weighted by molar-refractivity contribution is 5.96. The van der Waals surface area contributed by atoms with Gasteiger partial charge in [-0.25, -0.2) is 19.6 Å². The summed E-state index contributed by atoms with van der Waals surface area (Å²) in [4.78, 5) is 50.5. The van der Waals surface area contributed by atoms with Crippen LogP contribution in [0.25, 0.3) is 11.1 Å². The summed E-state index contributed by atoms with van der Waals surface area (Å²) < 4.78 is 16.1. The first-order valence-electron chi connectivity index (χ1n) is 13.5. The summed E-state index contributed by atoms with van der Waals surface area (Å²) in [5, 5.41) is 2.75. The zero-order chi connectivity index (χ0) is 29.8. The van der Waals surface area contributed by atoms with Gasteiger partial charge in [0.25, 0.3) is 0 Å². The van der Waals surface area contributed by atoms with E-state index in [4.69, 9.17) is 13.9 Å². The van der Waals surface area contributed by atoms with Crippen LogP contribution in [0.4, 0.5) is 21.0 Å². The molecule has 4 rings (SSSR count). The highest BCUT2D eigenvalue weighted by Gasteiger charge is 2.26. The fourth-order valence-electron chi connectivity index (χ4n) is 4.24. The van der Waals surface area contributed by atoms with Gasteiger partial charge in [-0.1, -0.05) is 6.07 Å². The molecular formula is C30H37N5O6. The zero-order valence-corrected chi connectivity index (χ0v) is 24.4. The first kappa shape index (κ1) is 29.6. The molecule has 0 spiro atoms. The van der Waals surface area contributed by atoms with Crippen molar-refractivity contribution >= 4 is 29.3 Å². The predicted octanol–water partition coefficient (Wildman–Crippen LogP) is 5.57. The molecule has 0 saturated carbocycles. The molecule has 0 bridgehead atoms. The summed E-state index contributed by atoms with van der Waals surface area (Å²) in [6.45, 7) is 13.1. The molecule has 0 radical (unpaired) electrons. The van der Waals surface area contributed by atoms with Crippen LogP contribution in [0, 0.1) is 0 Å². The van der Waals surface area contributed by atoms with Crippen molar-refractivity contribution in [2.75, 3.05) is 36.4 Å². The van der Waals surface area contributed by atoms with E-state index in [1.807, 2.05) is 39.0 Å². The fourth-order valence-corrected chi connectivity index (χ4v) is 4.24. The second kappa shape index (κ2) is 12.0.